The summed E-state index contributed by atoms with van der Waals surface area (Å²) in [7, 11) is -1.46. The lowest BCUT2D eigenvalue weighted by atomic mass is 10.1. The van der Waals surface area contributed by atoms with Crippen LogP contribution in [0.3, 0.4) is 0 Å². The lowest BCUT2D eigenvalue weighted by Crippen LogP contribution is -2.48. The molecule has 2 aromatic carbocycles. The maximum atomic E-state index is 12.5. The minimum Gasteiger partial charge on any atom is -0.455 e. The van der Waals surface area contributed by atoms with Gasteiger partial charge in [-0.1, -0.05) is 24.3 Å². The number of ether oxygens (including phenoxy) is 1. The van der Waals surface area contributed by atoms with Gasteiger partial charge in [-0.15, -0.1) is 11.3 Å². The molecule has 0 bridgehead atoms. The molecule has 1 aliphatic rings. The summed E-state index contributed by atoms with van der Waals surface area (Å²) in [5, 5.41) is 5.20. The van der Waals surface area contributed by atoms with Crippen LogP contribution in [-0.4, -0.2) is 68.7 Å². The van der Waals surface area contributed by atoms with E-state index in [1.807, 2.05) is 30.6 Å². The Kier molecular flexibility index (Phi) is 6.82. The van der Waals surface area contributed by atoms with Gasteiger partial charge in [-0.05, 0) is 31.3 Å². The molecule has 0 aliphatic carbocycles. The highest BCUT2D eigenvalue weighted by Crippen LogP contribution is 2.35. The molecule has 1 saturated heterocycles. The van der Waals surface area contributed by atoms with Crippen molar-refractivity contribution in [1.82, 2.24) is 14.8 Å². The number of likely N-dealkylation sites (N-methyl/N-ethyl adjacent to an activating group) is 1. The second kappa shape index (κ2) is 9.77. The number of para-hydroxylation sites is 1. The van der Waals surface area contributed by atoms with E-state index in [2.05, 4.69) is 19.9 Å². The van der Waals surface area contributed by atoms with Gasteiger partial charge in [-0.3, -0.25) is 10.0 Å². The first-order valence-electron chi connectivity index (χ1n) is 10.3. The van der Waals surface area contributed by atoms with Gasteiger partial charge in [0, 0.05) is 37.1 Å². The fraction of sp³-hybridized carbons (Fsp3) is 0.273. The zero-order valence-corrected chi connectivity index (χ0v) is 19.9. The van der Waals surface area contributed by atoms with Crippen LogP contribution in [0, 0.1) is 0 Å². The molecular weight excluding hydrogens is 462 g/mol. The average molecular weight is 488 g/mol. The predicted octanol–water partition coefficient (Wildman–Crippen LogP) is 3.75. The summed E-state index contributed by atoms with van der Waals surface area (Å²) in [6, 6.07) is 14.1. The van der Waals surface area contributed by atoms with E-state index in [9.17, 15) is 13.2 Å². The molecule has 4 rings (SSSR count). The number of sulfonamides is 1. The molecule has 2 amide bonds. The van der Waals surface area contributed by atoms with Crippen LogP contribution in [0.5, 0.6) is 11.5 Å². The van der Waals surface area contributed by atoms with E-state index in [1.54, 1.807) is 35.2 Å². The van der Waals surface area contributed by atoms with Gasteiger partial charge in [0.05, 0.1) is 17.6 Å². The third kappa shape index (κ3) is 6.21. The highest BCUT2D eigenvalue weighted by Gasteiger charge is 2.20. The molecule has 0 saturated carbocycles. The van der Waals surface area contributed by atoms with Gasteiger partial charge in [-0.25, -0.2) is 18.2 Å². The minimum absolute atomic E-state index is 0.162. The number of aromatic nitrogens is 1. The summed E-state index contributed by atoms with van der Waals surface area (Å²) in [6.07, 6.45) is 1.09. The molecule has 1 aromatic heterocycles. The second-order valence-corrected chi connectivity index (χ2v) is 10.4. The molecule has 2 heterocycles. The fourth-order valence-corrected chi connectivity index (χ4v) is 4.59. The largest absolute Gasteiger partial charge is 0.455 e. The van der Waals surface area contributed by atoms with Crippen LogP contribution >= 0.6 is 11.3 Å². The molecular formula is C22H25N5O4S2. The smallest absolute Gasteiger partial charge is 0.323 e. The van der Waals surface area contributed by atoms with Crippen LogP contribution in [0.25, 0.3) is 11.3 Å². The van der Waals surface area contributed by atoms with Crippen molar-refractivity contribution in [2.24, 2.45) is 0 Å². The van der Waals surface area contributed by atoms with Crippen molar-refractivity contribution >= 4 is 38.2 Å². The summed E-state index contributed by atoms with van der Waals surface area (Å²) in [5.74, 6) is 0.921. The molecule has 33 heavy (non-hydrogen) atoms. The lowest BCUT2D eigenvalue weighted by Gasteiger charge is -2.32. The number of nitrogens with zero attached hydrogens (tertiary/aromatic N) is 3. The number of carbonyl (C=O) groups excluding carboxylic acids is 1. The molecule has 1 aliphatic heterocycles. The van der Waals surface area contributed by atoms with Crippen LogP contribution in [0.15, 0.2) is 53.9 Å². The minimum atomic E-state index is -3.49. The predicted molar refractivity (Wildman–Crippen MR) is 131 cm³/mol. The number of amides is 2. The quantitative estimate of drug-likeness (QED) is 0.549. The van der Waals surface area contributed by atoms with Crippen LogP contribution < -0.4 is 14.8 Å². The average Bonchev–Trinajstić information content (AvgIpc) is 3.23. The Labute approximate surface area is 197 Å². The molecule has 0 unspecified atom stereocenters. The van der Waals surface area contributed by atoms with E-state index in [-0.39, 0.29) is 6.03 Å². The monoisotopic (exact) mass is 487 g/mol. The summed E-state index contributed by atoms with van der Waals surface area (Å²) in [4.78, 5) is 21.0. The SMILES string of the molecule is CN1CCN(C(=O)Nc2nc(-c3ccc(NS(C)(=O)=O)c(Oc4ccccc4)c3)cs2)CC1. The zero-order chi connectivity index (χ0) is 23.4. The Morgan fingerprint density at radius 2 is 1.82 bits per heavy atom. The molecule has 174 valence electrons. The van der Waals surface area contributed by atoms with E-state index >= 15 is 0 Å². The van der Waals surface area contributed by atoms with Crippen LogP contribution in [0.2, 0.25) is 0 Å². The first-order chi connectivity index (χ1) is 15.8. The number of carbonyl (C=O) groups is 1. The van der Waals surface area contributed by atoms with Gasteiger partial charge >= 0.3 is 6.03 Å². The topological polar surface area (TPSA) is 104 Å². The van der Waals surface area contributed by atoms with Gasteiger partial charge in [0.2, 0.25) is 10.0 Å². The number of urea groups is 1. The maximum absolute atomic E-state index is 12.5. The molecule has 0 spiro atoms. The van der Waals surface area contributed by atoms with E-state index in [1.165, 1.54) is 11.3 Å². The van der Waals surface area contributed by atoms with Crippen molar-refractivity contribution in [3.05, 3.63) is 53.9 Å². The van der Waals surface area contributed by atoms with Crippen LogP contribution in [-0.2, 0) is 10.0 Å². The molecule has 2 N–H and O–H groups in total. The summed E-state index contributed by atoms with van der Waals surface area (Å²) in [5.41, 5.74) is 1.71. The van der Waals surface area contributed by atoms with Gasteiger partial charge in [0.25, 0.3) is 0 Å². The number of anilines is 2. The third-order valence-electron chi connectivity index (χ3n) is 5.05. The maximum Gasteiger partial charge on any atom is 0.323 e. The Morgan fingerprint density at radius 1 is 1.09 bits per heavy atom. The Bertz CT molecular complexity index is 1220. The number of nitrogens with one attached hydrogen (secondary N) is 2. The Hall–Kier alpha value is -3.15. The van der Waals surface area contributed by atoms with E-state index < -0.39 is 10.0 Å². The Balaban J connectivity index is 1.54. The van der Waals surface area contributed by atoms with Crippen molar-refractivity contribution < 1.29 is 17.9 Å². The number of hydrogen-bond donors (Lipinski definition) is 2. The van der Waals surface area contributed by atoms with Gasteiger partial charge in [0.15, 0.2) is 10.9 Å². The first kappa shape index (κ1) is 23.0. The number of thiazole rings is 1. The summed E-state index contributed by atoms with van der Waals surface area (Å²) < 4.78 is 32.0. The van der Waals surface area contributed by atoms with Crippen molar-refractivity contribution in [3.8, 4) is 22.8 Å². The van der Waals surface area contributed by atoms with E-state index in [0.717, 1.165) is 24.9 Å². The molecule has 0 atom stereocenters. The number of benzene rings is 2. The van der Waals surface area contributed by atoms with Crippen molar-refractivity contribution in [3.63, 3.8) is 0 Å². The molecule has 0 radical (unpaired) electrons. The van der Waals surface area contributed by atoms with Crippen LogP contribution in [0.4, 0.5) is 15.6 Å². The molecule has 9 nitrogen and oxygen atoms in total. The fourth-order valence-electron chi connectivity index (χ4n) is 3.31. The van der Waals surface area contributed by atoms with Gasteiger partial charge < -0.3 is 14.5 Å². The standard InChI is InChI=1S/C22H25N5O4S2/c1-26-10-12-27(13-11-26)22(28)24-21-23-19(15-32-21)16-8-9-18(25-33(2,29)30)20(14-16)31-17-6-4-3-5-7-17/h3-9,14-15,25H,10-13H2,1-2H3,(H,23,24,28). The summed E-state index contributed by atoms with van der Waals surface area (Å²) >= 11 is 1.33. The molecule has 11 heteroatoms. The van der Waals surface area contributed by atoms with Crippen molar-refractivity contribution in [2.75, 3.05) is 49.5 Å². The number of hydrogen-bond acceptors (Lipinski definition) is 7. The van der Waals surface area contributed by atoms with E-state index in [4.69, 9.17) is 4.74 Å². The van der Waals surface area contributed by atoms with Gasteiger partial charge in [0.1, 0.15) is 5.75 Å². The normalized spacial score (nSPS) is 14.7. The number of piperazine rings is 1. The molecule has 3 aromatic rings. The highest BCUT2D eigenvalue weighted by molar-refractivity contribution is 7.92. The molecule has 1 fully saturated rings. The highest BCUT2D eigenvalue weighted by atomic mass is 32.2. The number of rotatable bonds is 6. The van der Waals surface area contributed by atoms with Crippen LogP contribution in [0.1, 0.15) is 0 Å². The van der Waals surface area contributed by atoms with Gasteiger partial charge in [-0.2, -0.15) is 0 Å². The lowest BCUT2D eigenvalue weighted by molar-refractivity contribution is 0.164. The van der Waals surface area contributed by atoms with E-state index in [0.29, 0.717) is 41.1 Å². The third-order valence-corrected chi connectivity index (χ3v) is 6.40. The first-order valence-corrected chi connectivity index (χ1v) is 13.1. The van der Waals surface area contributed by atoms with Crippen molar-refractivity contribution in [1.29, 1.82) is 0 Å². The summed E-state index contributed by atoms with van der Waals surface area (Å²) in [6.45, 7) is 3.04. The second-order valence-electron chi connectivity index (χ2n) is 7.76. The van der Waals surface area contributed by atoms with Crippen molar-refractivity contribution in [2.45, 2.75) is 0 Å². The zero-order valence-electron chi connectivity index (χ0n) is 18.3. The Morgan fingerprint density at radius 3 is 2.52 bits per heavy atom.